The number of hydrogen-bond donors (Lipinski definition) is 0. The van der Waals surface area contributed by atoms with Gasteiger partial charge in [-0.05, 0) is 92.9 Å². The van der Waals surface area contributed by atoms with Crippen LogP contribution in [0, 0.1) is 32.1 Å². The third-order valence-corrected chi connectivity index (χ3v) is 10.8. The fraction of sp³-hybridized carbons (Fsp3) is 0.609. The summed E-state index contributed by atoms with van der Waals surface area (Å²) in [5, 5.41) is 3.30. The van der Waals surface area contributed by atoms with Crippen molar-refractivity contribution in [2.24, 2.45) is 0 Å². The van der Waals surface area contributed by atoms with E-state index in [1.54, 1.807) is 21.5 Å². The van der Waals surface area contributed by atoms with Gasteiger partial charge in [0.1, 0.15) is 0 Å². The number of rotatable bonds is 8. The smallest absolute Gasteiger partial charge is 0.184 e. The Morgan fingerprint density at radius 2 is 0.733 bits per heavy atom. The van der Waals surface area contributed by atoms with Crippen LogP contribution < -0.4 is 0 Å². The van der Waals surface area contributed by atoms with Crippen LogP contribution in [0.4, 0.5) is 0 Å². The zero-order chi connectivity index (χ0) is 22.7. The molecule has 0 heterocycles. The molecule has 0 aromatic heterocycles. The molecule has 2 aliphatic carbocycles. The van der Waals surface area contributed by atoms with Crippen molar-refractivity contribution in [1.29, 1.82) is 0 Å². The van der Waals surface area contributed by atoms with Crippen LogP contribution in [0.25, 0.3) is 0 Å². The second-order valence-electron chi connectivity index (χ2n) is 12.0. The van der Waals surface area contributed by atoms with E-state index in [2.05, 4.69) is 78.6 Å². The molecule has 0 amide bonds. The molecule has 2 nitrogen and oxygen atoms in total. The van der Waals surface area contributed by atoms with Gasteiger partial charge in [0, 0.05) is 16.8 Å². The van der Waals surface area contributed by atoms with Crippen molar-refractivity contribution in [2.45, 2.75) is 78.6 Å². The summed E-state index contributed by atoms with van der Waals surface area (Å²) in [4.78, 5) is 0. The molecule has 2 rings (SSSR count). The summed E-state index contributed by atoms with van der Waals surface area (Å²) < 4.78 is 12.7. The van der Waals surface area contributed by atoms with E-state index in [0.29, 0.717) is 0 Å². The van der Waals surface area contributed by atoms with Gasteiger partial charge in [-0.25, -0.2) is 0 Å². The molecule has 0 saturated heterocycles. The van der Waals surface area contributed by atoms with Gasteiger partial charge in [-0.15, -0.1) is 0 Å². The average molecular weight is 525 g/mol. The van der Waals surface area contributed by atoms with Crippen LogP contribution in [0.3, 0.4) is 0 Å². The summed E-state index contributed by atoms with van der Waals surface area (Å²) in [6, 6.07) is 0. The van der Waals surface area contributed by atoms with Crippen molar-refractivity contribution in [3.63, 3.8) is 0 Å². The predicted octanol–water partition coefficient (Wildman–Crippen LogP) is 7.07. The zero-order valence-electron chi connectivity index (χ0n) is 21.5. The second-order valence-corrected chi connectivity index (χ2v) is 31.0. The van der Waals surface area contributed by atoms with Crippen LogP contribution >= 0.6 is 0 Å². The largest absolute Gasteiger partial charge is 0.413 e. The van der Waals surface area contributed by atoms with Gasteiger partial charge in [-0.3, -0.25) is 0 Å². The first-order valence-corrected chi connectivity index (χ1v) is 24.7. The number of hydrogen-bond acceptors (Lipinski definition) is 2. The molecule has 0 unspecified atom stereocenters. The van der Waals surface area contributed by atoms with Crippen molar-refractivity contribution in [3.8, 4) is 0 Å². The van der Waals surface area contributed by atoms with E-state index < -0.39 is 32.8 Å². The maximum atomic E-state index is 6.34. The van der Waals surface area contributed by atoms with Gasteiger partial charge >= 0.3 is 0 Å². The fourth-order valence-corrected chi connectivity index (χ4v) is 9.36. The van der Waals surface area contributed by atoms with Crippen molar-refractivity contribution in [2.75, 3.05) is 13.2 Å². The van der Waals surface area contributed by atoms with Crippen molar-refractivity contribution >= 4 is 32.8 Å². The van der Waals surface area contributed by atoms with Gasteiger partial charge in [0.05, 0.1) is 29.4 Å². The first-order valence-electron chi connectivity index (χ1n) is 10.9. The van der Waals surface area contributed by atoms with Gasteiger partial charge in [-0.1, -0.05) is 39.3 Å². The summed E-state index contributed by atoms with van der Waals surface area (Å²) >= 11 is 0. The van der Waals surface area contributed by atoms with Gasteiger partial charge in [0.15, 0.2) is 16.6 Å². The van der Waals surface area contributed by atoms with Crippen molar-refractivity contribution in [3.05, 3.63) is 53.6 Å². The quantitative estimate of drug-likeness (QED) is 0.316. The van der Waals surface area contributed by atoms with Crippen LogP contribution in [0.1, 0.15) is 0 Å². The van der Waals surface area contributed by atoms with E-state index in [-0.39, 0.29) is 16.8 Å². The van der Waals surface area contributed by atoms with Crippen LogP contribution in [-0.4, -0.2) is 46.0 Å². The molecule has 0 aromatic carbocycles. The Labute approximate surface area is 203 Å². The van der Waals surface area contributed by atoms with E-state index in [4.69, 9.17) is 8.85 Å². The van der Waals surface area contributed by atoms with Gasteiger partial charge in [-0.2, -0.15) is 0 Å². The van der Waals surface area contributed by atoms with Crippen LogP contribution in [0.15, 0.2) is 21.5 Å². The first-order chi connectivity index (χ1) is 12.9. The Kier molecular flexibility index (Phi) is 12.1. The molecule has 0 atom stereocenters. The van der Waals surface area contributed by atoms with Crippen LogP contribution in [0.2, 0.25) is 78.6 Å². The molecule has 1 fully saturated rings. The molecular formula is C23H45CoO2Si4. The fourth-order valence-electron chi connectivity index (χ4n) is 3.55. The van der Waals surface area contributed by atoms with E-state index in [9.17, 15) is 0 Å². The van der Waals surface area contributed by atoms with E-state index >= 15 is 0 Å². The molecule has 0 spiro atoms. The molecule has 7 heteroatoms. The molecule has 174 valence electrons. The monoisotopic (exact) mass is 524 g/mol. The summed E-state index contributed by atoms with van der Waals surface area (Å²) in [7, 11) is -5.80. The van der Waals surface area contributed by atoms with E-state index in [1.807, 2.05) is 32.1 Å². The molecule has 1 saturated carbocycles. The molecule has 0 bridgehead atoms. The third kappa shape index (κ3) is 10.6. The topological polar surface area (TPSA) is 18.5 Å². The minimum atomic E-state index is -1.50. The summed E-state index contributed by atoms with van der Waals surface area (Å²) in [6.45, 7) is 30.1. The van der Waals surface area contributed by atoms with E-state index in [1.165, 1.54) is 0 Å². The molecule has 0 aromatic rings. The molecule has 2 aliphatic rings. The van der Waals surface area contributed by atoms with Gasteiger partial charge in [0.25, 0.3) is 0 Å². The second kappa shape index (κ2) is 11.8. The first kappa shape index (κ1) is 30.8. The Morgan fingerprint density at radius 3 is 0.900 bits per heavy atom. The molecule has 6 radical (unpaired) electrons. The zero-order valence-corrected chi connectivity index (χ0v) is 26.5. The van der Waals surface area contributed by atoms with Crippen molar-refractivity contribution < 1.29 is 25.6 Å². The van der Waals surface area contributed by atoms with E-state index in [0.717, 1.165) is 13.2 Å². The van der Waals surface area contributed by atoms with Crippen LogP contribution in [0.5, 0.6) is 0 Å². The van der Waals surface area contributed by atoms with Gasteiger partial charge in [0.2, 0.25) is 0 Å². The predicted molar refractivity (Wildman–Crippen MR) is 141 cm³/mol. The summed E-state index contributed by atoms with van der Waals surface area (Å²) in [6.07, 6.45) is 10.0. The Bertz CT molecular complexity index is 542. The summed E-state index contributed by atoms with van der Waals surface area (Å²) in [5.74, 6) is 0. The molecule has 30 heavy (non-hydrogen) atoms. The summed E-state index contributed by atoms with van der Waals surface area (Å²) in [5.41, 5.74) is 3.12. The minimum Gasteiger partial charge on any atom is -0.413 e. The maximum Gasteiger partial charge on any atom is 0.184 e. The maximum absolute atomic E-state index is 6.34. The Hall–Kier alpha value is 0.774. The molecule has 0 aliphatic heterocycles. The standard InChI is InChI=1S/C18H40O2Si4.C5H5.Co/c1-21(2,3)17-15(13-19-23(7,8)9)18(22(4,5)6)16(17)14-20-24(10,11)12;1-2-4-5-3-1;/h13-14H2,1-12H3;1-5H;. The normalized spacial score (nSPS) is 18.0. The Balaban J connectivity index is 0.00000122. The van der Waals surface area contributed by atoms with Crippen LogP contribution in [-0.2, 0) is 25.6 Å². The van der Waals surface area contributed by atoms with Crippen molar-refractivity contribution in [1.82, 2.24) is 0 Å². The third-order valence-electron chi connectivity index (χ3n) is 4.56. The SMILES string of the molecule is C[Si](C)(C)OCC1=C([Si](C)(C)C)C(CO[Si](C)(C)C)=C1[Si](C)(C)C.[CH]1[CH][CH][CH][CH]1.[Co]. The van der Waals surface area contributed by atoms with Gasteiger partial charge < -0.3 is 8.85 Å². The molecular weight excluding hydrogens is 480 g/mol. The Morgan fingerprint density at radius 1 is 0.500 bits per heavy atom. The minimum absolute atomic E-state index is 0. The average Bonchev–Trinajstić information content (AvgIpc) is 2.98. The molecule has 0 N–H and O–H groups in total.